The van der Waals surface area contributed by atoms with E-state index in [0.717, 1.165) is 4.47 Å². The Bertz CT molecular complexity index is 617. The molecule has 0 bridgehead atoms. The molecule has 0 radical (unpaired) electrons. The van der Waals surface area contributed by atoms with Gasteiger partial charge in [0.05, 0.1) is 10.7 Å². The first-order chi connectivity index (χ1) is 8.56. The first kappa shape index (κ1) is 13.3. The molecule has 2 aromatic rings. The molecule has 1 N–H and O–H groups in total. The molecule has 0 aliphatic rings. The lowest BCUT2D eigenvalue weighted by Gasteiger charge is -1.99. The van der Waals surface area contributed by atoms with E-state index in [2.05, 4.69) is 26.2 Å². The Kier molecular flexibility index (Phi) is 4.22. The summed E-state index contributed by atoms with van der Waals surface area (Å²) in [5.74, 6) is 0.0198. The molecule has 0 amide bonds. The molecule has 0 unspecified atom stereocenters. The van der Waals surface area contributed by atoms with Gasteiger partial charge in [0.25, 0.3) is 0 Å². The van der Waals surface area contributed by atoms with Gasteiger partial charge in [0.2, 0.25) is 0 Å². The van der Waals surface area contributed by atoms with E-state index in [9.17, 15) is 5.11 Å². The van der Waals surface area contributed by atoms with Gasteiger partial charge in [0.15, 0.2) is 0 Å². The van der Waals surface area contributed by atoms with Crippen molar-refractivity contribution in [1.29, 1.82) is 0 Å². The smallest absolute Gasteiger partial charge is 0.143 e. The molecule has 2 aromatic carbocycles. The molecule has 0 aliphatic heterocycles. The van der Waals surface area contributed by atoms with Crippen LogP contribution in [-0.2, 0) is 0 Å². The Balaban J connectivity index is 2.29. The van der Waals surface area contributed by atoms with E-state index in [1.807, 2.05) is 0 Å². The summed E-state index contributed by atoms with van der Waals surface area (Å²) >= 11 is 15.0. The molecule has 0 saturated heterocycles. The monoisotopic (exact) mass is 344 g/mol. The third-order valence-electron chi connectivity index (χ3n) is 2.11. The minimum atomic E-state index is 0.0198. The number of hydrogen-bond donors (Lipinski definition) is 1. The topological polar surface area (TPSA) is 45.0 Å². The van der Waals surface area contributed by atoms with Crippen LogP contribution >= 0.6 is 39.1 Å². The highest BCUT2D eigenvalue weighted by molar-refractivity contribution is 9.10. The molecule has 18 heavy (non-hydrogen) atoms. The second kappa shape index (κ2) is 5.69. The van der Waals surface area contributed by atoms with Gasteiger partial charge in [-0.05, 0) is 52.3 Å². The Morgan fingerprint density at radius 2 is 1.78 bits per heavy atom. The normalized spacial score (nSPS) is 11.1. The maximum absolute atomic E-state index is 9.57. The van der Waals surface area contributed by atoms with Crippen molar-refractivity contribution < 1.29 is 5.11 Å². The van der Waals surface area contributed by atoms with Gasteiger partial charge in [0, 0.05) is 9.50 Å². The van der Waals surface area contributed by atoms with E-state index < -0.39 is 0 Å². The highest BCUT2D eigenvalue weighted by Crippen LogP contribution is 2.32. The number of hydrogen-bond acceptors (Lipinski definition) is 3. The molecule has 0 aliphatic carbocycles. The fourth-order valence-corrected chi connectivity index (χ4v) is 1.82. The van der Waals surface area contributed by atoms with Gasteiger partial charge in [0.1, 0.15) is 11.4 Å². The van der Waals surface area contributed by atoms with Gasteiger partial charge < -0.3 is 5.11 Å². The quantitative estimate of drug-likeness (QED) is 0.679. The van der Waals surface area contributed by atoms with Crippen LogP contribution in [0.4, 0.5) is 11.4 Å². The highest BCUT2D eigenvalue weighted by Gasteiger charge is 2.01. The van der Waals surface area contributed by atoms with Gasteiger partial charge in [-0.3, -0.25) is 0 Å². The summed E-state index contributed by atoms with van der Waals surface area (Å²) in [5.41, 5.74) is 0.893. The molecule has 2 rings (SSSR count). The number of phenolic OH excluding ortho intramolecular Hbond substituents is 1. The first-order valence-corrected chi connectivity index (χ1v) is 6.46. The number of halogens is 3. The van der Waals surface area contributed by atoms with Crippen molar-refractivity contribution in [2.45, 2.75) is 0 Å². The Labute approximate surface area is 122 Å². The Hall–Kier alpha value is -1.10. The van der Waals surface area contributed by atoms with E-state index in [4.69, 9.17) is 23.2 Å². The van der Waals surface area contributed by atoms with Crippen LogP contribution in [0.2, 0.25) is 10.0 Å². The van der Waals surface area contributed by atoms with E-state index in [0.29, 0.717) is 21.4 Å². The van der Waals surface area contributed by atoms with Crippen LogP contribution in [-0.4, -0.2) is 5.11 Å². The van der Waals surface area contributed by atoms with Crippen LogP contribution in [0.5, 0.6) is 5.75 Å². The maximum atomic E-state index is 9.57. The summed E-state index contributed by atoms with van der Waals surface area (Å²) < 4.78 is 0.786. The van der Waals surface area contributed by atoms with Gasteiger partial charge >= 0.3 is 0 Å². The summed E-state index contributed by atoms with van der Waals surface area (Å²) in [4.78, 5) is 0. The zero-order chi connectivity index (χ0) is 13.1. The van der Waals surface area contributed by atoms with Crippen LogP contribution in [0.25, 0.3) is 0 Å². The Morgan fingerprint density at radius 1 is 1.00 bits per heavy atom. The molecule has 0 saturated carbocycles. The van der Waals surface area contributed by atoms with Crippen LogP contribution in [0.1, 0.15) is 0 Å². The lowest BCUT2D eigenvalue weighted by atomic mass is 10.3. The second-order valence-corrected chi connectivity index (χ2v) is 5.13. The predicted octanol–water partition coefficient (Wildman–Crippen LogP) is 5.88. The van der Waals surface area contributed by atoms with Crippen molar-refractivity contribution in [2.24, 2.45) is 10.2 Å². The molecule has 0 aromatic heterocycles. The summed E-state index contributed by atoms with van der Waals surface area (Å²) in [6.07, 6.45) is 0. The van der Waals surface area contributed by atoms with Crippen LogP contribution in [0.3, 0.4) is 0 Å². The van der Waals surface area contributed by atoms with Crippen molar-refractivity contribution in [2.75, 3.05) is 0 Å². The molecule has 0 heterocycles. The fraction of sp³-hybridized carbons (Fsp3) is 0. The van der Waals surface area contributed by atoms with Crippen LogP contribution < -0.4 is 0 Å². The highest BCUT2D eigenvalue weighted by atomic mass is 79.9. The molecule has 3 nitrogen and oxygen atoms in total. The standard InChI is InChI=1S/C12H7BrCl2N2O/c13-9-3-2-8(6-10(9)15)16-17-11-5-7(14)1-4-12(11)18/h1-6,18H. The minimum absolute atomic E-state index is 0.0198. The van der Waals surface area contributed by atoms with Gasteiger partial charge in [-0.1, -0.05) is 23.2 Å². The number of benzene rings is 2. The molecular weight excluding hydrogens is 339 g/mol. The largest absolute Gasteiger partial charge is 0.506 e. The van der Waals surface area contributed by atoms with Crippen molar-refractivity contribution in [1.82, 2.24) is 0 Å². The lowest BCUT2D eigenvalue weighted by molar-refractivity contribution is 0.476. The Morgan fingerprint density at radius 3 is 2.50 bits per heavy atom. The number of phenols is 1. The second-order valence-electron chi connectivity index (χ2n) is 3.43. The average molecular weight is 346 g/mol. The van der Waals surface area contributed by atoms with Crippen molar-refractivity contribution in [3.63, 3.8) is 0 Å². The van der Waals surface area contributed by atoms with E-state index >= 15 is 0 Å². The van der Waals surface area contributed by atoms with Gasteiger partial charge in [-0.25, -0.2) is 0 Å². The number of azo groups is 1. The molecule has 92 valence electrons. The summed E-state index contributed by atoms with van der Waals surface area (Å²) in [5, 5.41) is 18.5. The SMILES string of the molecule is Oc1ccc(Cl)cc1N=Nc1ccc(Br)c(Cl)c1. The van der Waals surface area contributed by atoms with Crippen LogP contribution in [0.15, 0.2) is 51.1 Å². The zero-order valence-corrected chi connectivity index (χ0v) is 12.0. The molecule has 0 spiro atoms. The van der Waals surface area contributed by atoms with E-state index in [1.54, 1.807) is 24.3 Å². The first-order valence-electron chi connectivity index (χ1n) is 4.91. The maximum Gasteiger partial charge on any atom is 0.143 e. The third-order valence-corrected chi connectivity index (χ3v) is 3.58. The van der Waals surface area contributed by atoms with E-state index in [1.165, 1.54) is 12.1 Å². The number of rotatable bonds is 2. The van der Waals surface area contributed by atoms with Gasteiger partial charge in [-0.15, -0.1) is 5.11 Å². The molecular formula is C12H7BrCl2N2O. The molecule has 6 heteroatoms. The fourth-order valence-electron chi connectivity index (χ4n) is 1.24. The predicted molar refractivity (Wildman–Crippen MR) is 76.4 cm³/mol. The average Bonchev–Trinajstić information content (AvgIpc) is 2.34. The summed E-state index contributed by atoms with van der Waals surface area (Å²) in [7, 11) is 0. The number of aromatic hydroxyl groups is 1. The third kappa shape index (κ3) is 3.22. The lowest BCUT2D eigenvalue weighted by Crippen LogP contribution is -1.70. The van der Waals surface area contributed by atoms with Crippen molar-refractivity contribution in [3.05, 3.63) is 50.9 Å². The minimum Gasteiger partial charge on any atom is -0.506 e. The van der Waals surface area contributed by atoms with Crippen molar-refractivity contribution >= 4 is 50.5 Å². The summed E-state index contributed by atoms with van der Waals surface area (Å²) in [6.45, 7) is 0. The zero-order valence-electron chi connectivity index (χ0n) is 8.94. The number of nitrogens with zero attached hydrogens (tertiary/aromatic N) is 2. The van der Waals surface area contributed by atoms with Crippen LogP contribution in [0, 0.1) is 0 Å². The van der Waals surface area contributed by atoms with Crippen molar-refractivity contribution in [3.8, 4) is 5.75 Å². The molecule has 0 atom stereocenters. The summed E-state index contributed by atoms with van der Waals surface area (Å²) in [6, 6.07) is 9.75. The van der Waals surface area contributed by atoms with E-state index in [-0.39, 0.29) is 5.75 Å². The molecule has 0 fully saturated rings. The van der Waals surface area contributed by atoms with Gasteiger partial charge in [-0.2, -0.15) is 5.11 Å².